The summed E-state index contributed by atoms with van der Waals surface area (Å²) in [4.78, 5) is 3.73. The standard InChI is InChI=1S/C12H11ClN2O3S/c1-8-7-9(13)4-5-10(8)18-12-11(19(14,16)17)3-2-6-15-12/h2-7H,1H3,(H2,14,16,17). The zero-order chi connectivity index (χ0) is 14.0. The fourth-order valence-corrected chi connectivity index (χ4v) is 2.33. The second kappa shape index (κ2) is 5.16. The Morgan fingerprint density at radius 2 is 2.05 bits per heavy atom. The topological polar surface area (TPSA) is 82.3 Å². The Hall–Kier alpha value is -1.63. The summed E-state index contributed by atoms with van der Waals surface area (Å²) in [6.07, 6.45) is 1.43. The number of primary sulfonamides is 1. The van der Waals surface area contributed by atoms with Gasteiger partial charge in [0.1, 0.15) is 10.6 Å². The number of halogens is 1. The van der Waals surface area contributed by atoms with Crippen LogP contribution in [0.1, 0.15) is 5.56 Å². The highest BCUT2D eigenvalue weighted by molar-refractivity contribution is 7.89. The van der Waals surface area contributed by atoms with Gasteiger partial charge in [-0.25, -0.2) is 18.5 Å². The SMILES string of the molecule is Cc1cc(Cl)ccc1Oc1ncccc1S(N)(=O)=O. The van der Waals surface area contributed by atoms with Crippen LogP contribution in [0.4, 0.5) is 0 Å². The van der Waals surface area contributed by atoms with Crippen molar-refractivity contribution < 1.29 is 13.2 Å². The van der Waals surface area contributed by atoms with Crippen molar-refractivity contribution in [1.82, 2.24) is 4.98 Å². The molecule has 2 aromatic rings. The molecule has 0 fully saturated rings. The minimum absolute atomic E-state index is 0.0598. The smallest absolute Gasteiger partial charge is 0.243 e. The number of aromatic nitrogens is 1. The first kappa shape index (κ1) is 13.8. The summed E-state index contributed by atoms with van der Waals surface area (Å²) < 4.78 is 28.3. The summed E-state index contributed by atoms with van der Waals surface area (Å²) in [5, 5.41) is 5.67. The third kappa shape index (κ3) is 3.23. The highest BCUT2D eigenvalue weighted by Gasteiger charge is 2.17. The maximum absolute atomic E-state index is 11.4. The van der Waals surface area contributed by atoms with E-state index < -0.39 is 10.0 Å². The Kier molecular flexibility index (Phi) is 3.75. The molecule has 1 aromatic carbocycles. The molecule has 19 heavy (non-hydrogen) atoms. The molecule has 0 amide bonds. The maximum atomic E-state index is 11.4. The molecule has 0 spiro atoms. The predicted octanol–water partition coefficient (Wildman–Crippen LogP) is 2.48. The van der Waals surface area contributed by atoms with Crippen LogP contribution < -0.4 is 9.88 Å². The number of benzene rings is 1. The number of hydrogen-bond donors (Lipinski definition) is 1. The van der Waals surface area contributed by atoms with Gasteiger partial charge in [0, 0.05) is 11.2 Å². The van der Waals surface area contributed by atoms with Gasteiger partial charge in [-0.1, -0.05) is 11.6 Å². The first-order chi connectivity index (χ1) is 8.88. The van der Waals surface area contributed by atoms with Crippen LogP contribution in [0.2, 0.25) is 5.02 Å². The lowest BCUT2D eigenvalue weighted by molar-refractivity contribution is 0.444. The van der Waals surface area contributed by atoms with Crippen LogP contribution in [0.25, 0.3) is 0 Å². The van der Waals surface area contributed by atoms with E-state index in [0.29, 0.717) is 10.8 Å². The van der Waals surface area contributed by atoms with E-state index in [9.17, 15) is 8.42 Å². The van der Waals surface area contributed by atoms with Crippen LogP contribution in [0.15, 0.2) is 41.4 Å². The zero-order valence-electron chi connectivity index (χ0n) is 10.00. The van der Waals surface area contributed by atoms with Gasteiger partial charge in [0.25, 0.3) is 0 Å². The molecule has 0 radical (unpaired) electrons. The van der Waals surface area contributed by atoms with E-state index in [1.807, 2.05) is 0 Å². The van der Waals surface area contributed by atoms with Gasteiger partial charge >= 0.3 is 0 Å². The highest BCUT2D eigenvalue weighted by Crippen LogP contribution is 2.29. The van der Waals surface area contributed by atoms with E-state index in [0.717, 1.165) is 5.56 Å². The fraction of sp³-hybridized carbons (Fsp3) is 0.0833. The molecule has 0 saturated carbocycles. The number of nitrogens with zero attached hydrogens (tertiary/aromatic N) is 1. The van der Waals surface area contributed by atoms with Gasteiger partial charge in [-0.15, -0.1) is 0 Å². The molecule has 2 N–H and O–H groups in total. The molecule has 0 aliphatic carbocycles. The fourth-order valence-electron chi connectivity index (χ4n) is 1.50. The Morgan fingerprint density at radius 1 is 1.32 bits per heavy atom. The third-order valence-corrected chi connectivity index (χ3v) is 3.55. The molecule has 0 unspecified atom stereocenters. The number of hydrogen-bond acceptors (Lipinski definition) is 4. The number of sulfonamides is 1. The average molecular weight is 299 g/mol. The van der Waals surface area contributed by atoms with E-state index in [-0.39, 0.29) is 10.8 Å². The van der Waals surface area contributed by atoms with Crippen LogP contribution in [-0.4, -0.2) is 13.4 Å². The van der Waals surface area contributed by atoms with Crippen molar-refractivity contribution in [3.05, 3.63) is 47.1 Å². The molecule has 0 atom stereocenters. The second-order valence-electron chi connectivity index (χ2n) is 3.86. The molecule has 1 aromatic heterocycles. The number of pyridine rings is 1. The van der Waals surface area contributed by atoms with Gasteiger partial charge in [-0.05, 0) is 42.8 Å². The lowest BCUT2D eigenvalue weighted by atomic mass is 10.2. The van der Waals surface area contributed by atoms with Crippen molar-refractivity contribution in [2.45, 2.75) is 11.8 Å². The average Bonchev–Trinajstić information content (AvgIpc) is 2.32. The van der Waals surface area contributed by atoms with Crippen LogP contribution in [0.3, 0.4) is 0 Å². The molecule has 7 heteroatoms. The van der Waals surface area contributed by atoms with E-state index in [4.69, 9.17) is 21.5 Å². The first-order valence-corrected chi connectivity index (χ1v) is 7.22. The van der Waals surface area contributed by atoms with Crippen molar-refractivity contribution in [2.75, 3.05) is 0 Å². The van der Waals surface area contributed by atoms with E-state index in [2.05, 4.69) is 4.98 Å². The summed E-state index contributed by atoms with van der Waals surface area (Å²) in [6, 6.07) is 7.80. The second-order valence-corrected chi connectivity index (χ2v) is 5.83. The Bertz CT molecular complexity index is 717. The van der Waals surface area contributed by atoms with Crippen molar-refractivity contribution in [1.29, 1.82) is 0 Å². The van der Waals surface area contributed by atoms with E-state index in [1.165, 1.54) is 18.3 Å². The molecule has 0 bridgehead atoms. The summed E-state index contributed by atoms with van der Waals surface area (Å²) in [5.41, 5.74) is 0.763. The normalized spacial score (nSPS) is 11.3. The van der Waals surface area contributed by atoms with Crippen molar-refractivity contribution >= 4 is 21.6 Å². The van der Waals surface area contributed by atoms with Crippen molar-refractivity contribution in [2.24, 2.45) is 5.14 Å². The minimum Gasteiger partial charge on any atom is -0.437 e. The molecular weight excluding hydrogens is 288 g/mol. The summed E-state index contributed by atoms with van der Waals surface area (Å²) >= 11 is 5.84. The van der Waals surface area contributed by atoms with Gasteiger partial charge in [0.05, 0.1) is 0 Å². The van der Waals surface area contributed by atoms with E-state index in [1.54, 1.807) is 25.1 Å². The number of rotatable bonds is 3. The van der Waals surface area contributed by atoms with Crippen molar-refractivity contribution in [3.8, 4) is 11.6 Å². The van der Waals surface area contributed by atoms with Crippen LogP contribution in [-0.2, 0) is 10.0 Å². The third-order valence-electron chi connectivity index (χ3n) is 2.39. The molecule has 5 nitrogen and oxygen atoms in total. The van der Waals surface area contributed by atoms with Gasteiger partial charge in [-0.2, -0.15) is 0 Å². The summed E-state index contributed by atoms with van der Waals surface area (Å²) in [6.45, 7) is 1.79. The van der Waals surface area contributed by atoms with Gasteiger partial charge < -0.3 is 4.74 Å². The monoisotopic (exact) mass is 298 g/mol. The predicted molar refractivity (Wildman–Crippen MR) is 71.9 cm³/mol. The van der Waals surface area contributed by atoms with Gasteiger partial charge in [0.2, 0.25) is 15.9 Å². The van der Waals surface area contributed by atoms with Crippen molar-refractivity contribution in [3.63, 3.8) is 0 Å². The molecule has 0 aliphatic heterocycles. The Balaban J connectivity index is 2.44. The largest absolute Gasteiger partial charge is 0.437 e. The van der Waals surface area contributed by atoms with E-state index >= 15 is 0 Å². The van der Waals surface area contributed by atoms with Crippen LogP contribution in [0.5, 0.6) is 11.6 Å². The zero-order valence-corrected chi connectivity index (χ0v) is 11.6. The lowest BCUT2D eigenvalue weighted by Crippen LogP contribution is -2.13. The Labute approximate surface area is 116 Å². The van der Waals surface area contributed by atoms with Gasteiger partial charge in [-0.3, -0.25) is 0 Å². The number of nitrogens with two attached hydrogens (primary N) is 1. The molecule has 1 heterocycles. The summed E-state index contributed by atoms with van der Waals surface area (Å²) in [7, 11) is -3.89. The molecular formula is C12H11ClN2O3S. The molecule has 2 rings (SSSR count). The quantitative estimate of drug-likeness (QED) is 0.943. The lowest BCUT2D eigenvalue weighted by Gasteiger charge is -2.10. The van der Waals surface area contributed by atoms with Crippen LogP contribution >= 0.6 is 11.6 Å². The Morgan fingerprint density at radius 3 is 2.68 bits per heavy atom. The number of aryl methyl sites for hydroxylation is 1. The van der Waals surface area contributed by atoms with Gasteiger partial charge in [0.15, 0.2) is 0 Å². The highest BCUT2D eigenvalue weighted by atomic mass is 35.5. The maximum Gasteiger partial charge on any atom is 0.243 e. The molecule has 0 saturated heterocycles. The number of ether oxygens (including phenoxy) is 1. The molecule has 0 aliphatic rings. The molecule has 100 valence electrons. The summed E-state index contributed by atoms with van der Waals surface area (Å²) in [5.74, 6) is 0.406. The van der Waals surface area contributed by atoms with Crippen LogP contribution in [0, 0.1) is 6.92 Å². The first-order valence-electron chi connectivity index (χ1n) is 5.30. The minimum atomic E-state index is -3.89.